The molecule has 92 valence electrons. The van der Waals surface area contributed by atoms with E-state index in [4.69, 9.17) is 4.74 Å². The molecule has 3 nitrogen and oxygen atoms in total. The molecule has 1 fully saturated rings. The van der Waals surface area contributed by atoms with Gasteiger partial charge in [-0.25, -0.2) is 0 Å². The quantitative estimate of drug-likeness (QED) is 0.753. The number of carbonyl (C=O) groups excluding carboxylic acids is 1. The Bertz CT molecular complexity index is 356. The standard InChI is InChI=1S/C14H19NO2/c1-2-17-14(16)12-7-5-11(6-8-12)13-4-3-9-15-10-13/h3-4,9-12H,2,5-8H2,1H3/t11-,12-. The van der Waals surface area contributed by atoms with Crippen LogP contribution in [-0.2, 0) is 9.53 Å². The average molecular weight is 233 g/mol. The van der Waals surface area contributed by atoms with Crippen molar-refractivity contribution in [2.24, 2.45) is 5.92 Å². The van der Waals surface area contributed by atoms with Crippen molar-refractivity contribution >= 4 is 5.97 Å². The number of carbonyl (C=O) groups is 1. The van der Waals surface area contributed by atoms with E-state index in [1.54, 1.807) is 6.20 Å². The summed E-state index contributed by atoms with van der Waals surface area (Å²) in [5, 5.41) is 0. The lowest BCUT2D eigenvalue weighted by Gasteiger charge is -2.27. The average Bonchev–Trinajstić information content (AvgIpc) is 2.40. The summed E-state index contributed by atoms with van der Waals surface area (Å²) in [6, 6.07) is 4.11. The summed E-state index contributed by atoms with van der Waals surface area (Å²) in [5.41, 5.74) is 1.30. The predicted octanol–water partition coefficient (Wildman–Crippen LogP) is 2.92. The van der Waals surface area contributed by atoms with Crippen LogP contribution in [0.4, 0.5) is 0 Å². The first-order chi connectivity index (χ1) is 8.31. The molecule has 0 aromatic carbocycles. The molecule has 0 N–H and O–H groups in total. The molecule has 0 aliphatic heterocycles. The van der Waals surface area contributed by atoms with E-state index in [2.05, 4.69) is 11.1 Å². The minimum Gasteiger partial charge on any atom is -0.466 e. The predicted molar refractivity (Wildman–Crippen MR) is 65.6 cm³/mol. The molecule has 1 aromatic heterocycles. The maximum Gasteiger partial charge on any atom is 0.308 e. The number of rotatable bonds is 3. The number of hydrogen-bond donors (Lipinski definition) is 0. The maximum absolute atomic E-state index is 11.6. The van der Waals surface area contributed by atoms with Crippen LogP contribution in [-0.4, -0.2) is 17.6 Å². The van der Waals surface area contributed by atoms with Crippen LogP contribution in [0.25, 0.3) is 0 Å². The van der Waals surface area contributed by atoms with Crippen molar-refractivity contribution in [2.75, 3.05) is 6.61 Å². The van der Waals surface area contributed by atoms with Crippen LogP contribution in [0, 0.1) is 5.92 Å². The van der Waals surface area contributed by atoms with Gasteiger partial charge in [-0.3, -0.25) is 9.78 Å². The van der Waals surface area contributed by atoms with Crippen molar-refractivity contribution in [1.29, 1.82) is 0 Å². The summed E-state index contributed by atoms with van der Waals surface area (Å²) in [4.78, 5) is 15.8. The normalized spacial score (nSPS) is 24.3. The van der Waals surface area contributed by atoms with E-state index in [9.17, 15) is 4.79 Å². The van der Waals surface area contributed by atoms with Crippen LogP contribution in [0.15, 0.2) is 24.5 Å². The maximum atomic E-state index is 11.6. The van der Waals surface area contributed by atoms with Gasteiger partial charge in [0.05, 0.1) is 12.5 Å². The van der Waals surface area contributed by atoms with Gasteiger partial charge in [0.15, 0.2) is 0 Å². The van der Waals surface area contributed by atoms with E-state index in [0.29, 0.717) is 12.5 Å². The first-order valence-electron chi connectivity index (χ1n) is 6.37. The first kappa shape index (κ1) is 12.1. The largest absolute Gasteiger partial charge is 0.466 e. The first-order valence-corrected chi connectivity index (χ1v) is 6.37. The molecule has 2 rings (SSSR count). The summed E-state index contributed by atoms with van der Waals surface area (Å²) in [5.74, 6) is 0.661. The van der Waals surface area contributed by atoms with Crippen molar-refractivity contribution in [3.05, 3.63) is 30.1 Å². The molecule has 1 saturated carbocycles. The van der Waals surface area contributed by atoms with Gasteiger partial charge in [0, 0.05) is 12.4 Å². The van der Waals surface area contributed by atoms with Crippen LogP contribution in [0.3, 0.4) is 0 Å². The minimum atomic E-state index is -0.0165. The zero-order valence-corrected chi connectivity index (χ0v) is 10.3. The molecule has 0 amide bonds. The van der Waals surface area contributed by atoms with Gasteiger partial charge in [-0.05, 0) is 50.2 Å². The third-order valence-electron chi connectivity index (χ3n) is 3.50. The molecule has 0 bridgehead atoms. The molecule has 0 unspecified atom stereocenters. The summed E-state index contributed by atoms with van der Waals surface area (Å²) < 4.78 is 5.07. The number of ether oxygens (including phenoxy) is 1. The Morgan fingerprint density at radius 2 is 2.18 bits per heavy atom. The molecule has 0 atom stereocenters. The molecule has 0 spiro atoms. The minimum absolute atomic E-state index is 0.0165. The Morgan fingerprint density at radius 3 is 2.76 bits per heavy atom. The highest BCUT2D eigenvalue weighted by Gasteiger charge is 2.27. The number of hydrogen-bond acceptors (Lipinski definition) is 3. The highest BCUT2D eigenvalue weighted by atomic mass is 16.5. The van der Waals surface area contributed by atoms with Gasteiger partial charge in [0.2, 0.25) is 0 Å². The second-order valence-electron chi connectivity index (χ2n) is 4.59. The van der Waals surface area contributed by atoms with Gasteiger partial charge < -0.3 is 4.74 Å². The summed E-state index contributed by atoms with van der Waals surface area (Å²) in [6.07, 6.45) is 7.75. The molecule has 17 heavy (non-hydrogen) atoms. The zero-order valence-electron chi connectivity index (χ0n) is 10.3. The molecule has 1 aromatic rings. The highest BCUT2D eigenvalue weighted by molar-refractivity contribution is 5.72. The van der Waals surface area contributed by atoms with Gasteiger partial charge in [-0.2, -0.15) is 0 Å². The third kappa shape index (κ3) is 3.05. The number of aromatic nitrogens is 1. The van der Waals surface area contributed by atoms with E-state index in [1.165, 1.54) is 5.56 Å². The van der Waals surface area contributed by atoms with Crippen molar-refractivity contribution in [1.82, 2.24) is 4.98 Å². The number of nitrogens with zero attached hydrogens (tertiary/aromatic N) is 1. The van der Waals surface area contributed by atoms with E-state index < -0.39 is 0 Å². The zero-order chi connectivity index (χ0) is 12.1. The summed E-state index contributed by atoms with van der Waals surface area (Å²) in [6.45, 7) is 2.35. The molecule has 1 aliphatic rings. The molecule has 1 heterocycles. The third-order valence-corrected chi connectivity index (χ3v) is 3.50. The van der Waals surface area contributed by atoms with E-state index in [-0.39, 0.29) is 11.9 Å². The second-order valence-corrected chi connectivity index (χ2v) is 4.59. The number of pyridine rings is 1. The lowest BCUT2D eigenvalue weighted by atomic mass is 9.79. The fraction of sp³-hybridized carbons (Fsp3) is 0.571. The van der Waals surface area contributed by atoms with Crippen molar-refractivity contribution in [2.45, 2.75) is 38.5 Å². The SMILES string of the molecule is CCOC(=O)[C@H]1CC[C@H](c2cccnc2)CC1. The van der Waals surface area contributed by atoms with Gasteiger partial charge >= 0.3 is 5.97 Å². The fourth-order valence-electron chi connectivity index (χ4n) is 2.54. The van der Waals surface area contributed by atoms with Crippen LogP contribution in [0.1, 0.15) is 44.1 Å². The highest BCUT2D eigenvalue weighted by Crippen LogP contribution is 2.35. The van der Waals surface area contributed by atoms with Crippen LogP contribution >= 0.6 is 0 Å². The summed E-state index contributed by atoms with van der Waals surface area (Å²) >= 11 is 0. The van der Waals surface area contributed by atoms with Gasteiger partial charge in [0.1, 0.15) is 0 Å². The van der Waals surface area contributed by atoms with Crippen LogP contribution < -0.4 is 0 Å². The summed E-state index contributed by atoms with van der Waals surface area (Å²) in [7, 11) is 0. The van der Waals surface area contributed by atoms with Crippen molar-refractivity contribution < 1.29 is 9.53 Å². The second kappa shape index (κ2) is 5.80. The Hall–Kier alpha value is -1.38. The lowest BCUT2D eigenvalue weighted by Crippen LogP contribution is -2.23. The van der Waals surface area contributed by atoms with E-state index in [1.807, 2.05) is 19.2 Å². The molecule has 0 saturated heterocycles. The van der Waals surface area contributed by atoms with E-state index in [0.717, 1.165) is 25.7 Å². The van der Waals surface area contributed by atoms with Gasteiger partial charge in [-0.15, -0.1) is 0 Å². The van der Waals surface area contributed by atoms with Gasteiger partial charge in [0.25, 0.3) is 0 Å². The lowest BCUT2D eigenvalue weighted by molar-refractivity contribution is -0.149. The topological polar surface area (TPSA) is 39.2 Å². The fourth-order valence-corrected chi connectivity index (χ4v) is 2.54. The molecular weight excluding hydrogens is 214 g/mol. The molecule has 0 radical (unpaired) electrons. The smallest absolute Gasteiger partial charge is 0.308 e. The van der Waals surface area contributed by atoms with Crippen LogP contribution in [0.5, 0.6) is 0 Å². The Kier molecular flexibility index (Phi) is 4.13. The van der Waals surface area contributed by atoms with E-state index >= 15 is 0 Å². The van der Waals surface area contributed by atoms with Crippen LogP contribution in [0.2, 0.25) is 0 Å². The molecule has 1 aliphatic carbocycles. The Morgan fingerprint density at radius 1 is 1.41 bits per heavy atom. The van der Waals surface area contributed by atoms with Gasteiger partial charge in [-0.1, -0.05) is 6.07 Å². The van der Waals surface area contributed by atoms with Crippen molar-refractivity contribution in [3.8, 4) is 0 Å². The molecule has 3 heteroatoms. The van der Waals surface area contributed by atoms with Crippen molar-refractivity contribution in [3.63, 3.8) is 0 Å². The Labute approximate surface area is 102 Å². The Balaban J connectivity index is 1.88. The monoisotopic (exact) mass is 233 g/mol. The number of esters is 1. The molecular formula is C14H19NO2.